The number of piperazine rings is 1. The maximum atomic E-state index is 13.2. The first-order valence-electron chi connectivity index (χ1n) is 11.1. The van der Waals surface area contributed by atoms with Gasteiger partial charge in [0, 0.05) is 43.2 Å². The molecule has 0 saturated carbocycles. The zero-order valence-corrected chi connectivity index (χ0v) is 19.0. The van der Waals surface area contributed by atoms with Crippen LogP contribution in [0, 0.1) is 0 Å². The molecule has 0 radical (unpaired) electrons. The number of hydrogen-bond donors (Lipinski definition) is 0. The molecule has 0 unspecified atom stereocenters. The number of carbonyl (C=O) groups excluding carboxylic acids is 2. The van der Waals surface area contributed by atoms with Crippen LogP contribution >= 0.6 is 11.3 Å². The topological polar surface area (TPSA) is 43.9 Å². The first kappa shape index (κ1) is 22.2. The molecule has 0 bridgehead atoms. The molecular weight excluding hydrogens is 418 g/mol. The Labute approximate surface area is 193 Å². The molecule has 2 heterocycles. The van der Waals surface area contributed by atoms with E-state index in [4.69, 9.17) is 0 Å². The quantitative estimate of drug-likeness (QED) is 0.528. The molecular formula is C26H29N3O2S. The highest BCUT2D eigenvalue weighted by Gasteiger charge is 2.25. The predicted octanol–water partition coefficient (Wildman–Crippen LogP) is 3.78. The Bertz CT molecular complexity index is 984. The molecule has 0 atom stereocenters. The van der Waals surface area contributed by atoms with E-state index in [0.29, 0.717) is 32.7 Å². The van der Waals surface area contributed by atoms with Gasteiger partial charge < -0.3 is 9.80 Å². The van der Waals surface area contributed by atoms with E-state index >= 15 is 0 Å². The summed E-state index contributed by atoms with van der Waals surface area (Å²) < 4.78 is 0. The lowest BCUT2D eigenvalue weighted by atomic mass is 10.1. The van der Waals surface area contributed by atoms with Crippen molar-refractivity contribution in [2.45, 2.75) is 13.0 Å². The van der Waals surface area contributed by atoms with Gasteiger partial charge in [0.15, 0.2) is 0 Å². The second-order valence-corrected chi connectivity index (χ2v) is 9.10. The second kappa shape index (κ2) is 11.1. The first-order chi connectivity index (χ1) is 15.7. The number of rotatable bonds is 8. The van der Waals surface area contributed by atoms with Crippen molar-refractivity contribution in [3.63, 3.8) is 0 Å². The Morgan fingerprint density at radius 3 is 2.19 bits per heavy atom. The molecule has 32 heavy (non-hydrogen) atoms. The fourth-order valence-corrected chi connectivity index (χ4v) is 4.67. The number of benzene rings is 2. The summed E-state index contributed by atoms with van der Waals surface area (Å²) in [5.74, 6) is 0.218. The van der Waals surface area contributed by atoms with Crippen LogP contribution in [0.25, 0.3) is 0 Å². The van der Waals surface area contributed by atoms with Gasteiger partial charge in [-0.2, -0.15) is 0 Å². The largest absolute Gasteiger partial charge is 0.336 e. The Morgan fingerprint density at radius 2 is 1.53 bits per heavy atom. The van der Waals surface area contributed by atoms with Gasteiger partial charge in [-0.25, -0.2) is 0 Å². The number of amides is 2. The number of hydrogen-bond acceptors (Lipinski definition) is 4. The summed E-state index contributed by atoms with van der Waals surface area (Å²) in [6.45, 7) is 4.48. The molecule has 1 aliphatic heterocycles. The number of carbonyl (C=O) groups is 2. The Balaban J connectivity index is 1.32. The molecule has 1 aromatic heterocycles. The maximum Gasteiger partial charge on any atom is 0.253 e. The molecule has 0 aliphatic carbocycles. The standard InChI is InChI=1S/C26H29N3O2S/c30-25(21-27-15-17-28(18-16-27)26(31)23-10-5-2-6-11-23)29(20-24-12-7-19-32-24)14-13-22-8-3-1-4-9-22/h1-12,19H,13-18,20-21H2. The van der Waals surface area contributed by atoms with Crippen molar-refractivity contribution in [3.05, 3.63) is 94.2 Å². The Morgan fingerprint density at radius 1 is 0.844 bits per heavy atom. The zero-order valence-electron chi connectivity index (χ0n) is 18.2. The zero-order chi connectivity index (χ0) is 22.2. The normalized spacial score (nSPS) is 14.3. The van der Waals surface area contributed by atoms with Gasteiger partial charge >= 0.3 is 0 Å². The van der Waals surface area contributed by atoms with E-state index in [2.05, 4.69) is 28.5 Å². The van der Waals surface area contributed by atoms with E-state index in [9.17, 15) is 9.59 Å². The van der Waals surface area contributed by atoms with Crippen molar-refractivity contribution in [2.75, 3.05) is 39.3 Å². The average Bonchev–Trinajstić information content (AvgIpc) is 3.36. The lowest BCUT2D eigenvalue weighted by Crippen LogP contribution is -2.51. The summed E-state index contributed by atoms with van der Waals surface area (Å²) in [5, 5.41) is 2.05. The lowest BCUT2D eigenvalue weighted by molar-refractivity contribution is -0.133. The molecule has 1 aliphatic rings. The van der Waals surface area contributed by atoms with Gasteiger partial charge in [-0.15, -0.1) is 11.3 Å². The number of nitrogens with zero attached hydrogens (tertiary/aromatic N) is 3. The first-order valence-corrected chi connectivity index (χ1v) is 12.0. The van der Waals surface area contributed by atoms with E-state index in [1.54, 1.807) is 11.3 Å². The molecule has 1 fully saturated rings. The highest BCUT2D eigenvalue weighted by Crippen LogP contribution is 2.14. The van der Waals surface area contributed by atoms with Crippen LogP contribution in [0.2, 0.25) is 0 Å². The summed E-state index contributed by atoms with van der Waals surface area (Å²) in [6, 6.07) is 23.8. The van der Waals surface area contributed by atoms with Gasteiger partial charge in [0.25, 0.3) is 5.91 Å². The Kier molecular flexibility index (Phi) is 7.69. The van der Waals surface area contributed by atoms with Crippen LogP contribution in [0.5, 0.6) is 0 Å². The van der Waals surface area contributed by atoms with E-state index in [-0.39, 0.29) is 11.8 Å². The van der Waals surface area contributed by atoms with Crippen molar-refractivity contribution < 1.29 is 9.59 Å². The molecule has 5 nitrogen and oxygen atoms in total. The molecule has 4 rings (SSSR count). The van der Waals surface area contributed by atoms with Crippen LogP contribution in [0.15, 0.2) is 78.2 Å². The molecule has 6 heteroatoms. The fourth-order valence-electron chi connectivity index (χ4n) is 3.95. The molecule has 2 amide bonds. The molecule has 166 valence electrons. The maximum absolute atomic E-state index is 13.2. The third-order valence-corrected chi connectivity index (χ3v) is 6.69. The van der Waals surface area contributed by atoms with Crippen molar-refractivity contribution in [3.8, 4) is 0 Å². The van der Waals surface area contributed by atoms with Crippen molar-refractivity contribution in [1.29, 1.82) is 0 Å². The highest BCUT2D eigenvalue weighted by atomic mass is 32.1. The second-order valence-electron chi connectivity index (χ2n) is 8.06. The summed E-state index contributed by atoms with van der Waals surface area (Å²) >= 11 is 1.69. The predicted molar refractivity (Wildman–Crippen MR) is 129 cm³/mol. The SMILES string of the molecule is O=C(CN1CCN(C(=O)c2ccccc2)CC1)N(CCc1ccccc1)Cc1cccs1. The summed E-state index contributed by atoms with van der Waals surface area (Å²) in [7, 11) is 0. The van der Waals surface area contributed by atoms with Crippen LogP contribution in [-0.2, 0) is 17.8 Å². The minimum absolute atomic E-state index is 0.0683. The average molecular weight is 448 g/mol. The molecule has 0 N–H and O–H groups in total. The minimum Gasteiger partial charge on any atom is -0.336 e. The summed E-state index contributed by atoms with van der Waals surface area (Å²) in [4.78, 5) is 33.1. The van der Waals surface area contributed by atoms with Gasteiger partial charge in [-0.3, -0.25) is 14.5 Å². The van der Waals surface area contributed by atoms with Crippen LogP contribution in [0.3, 0.4) is 0 Å². The molecule has 0 spiro atoms. The van der Waals surface area contributed by atoms with E-state index in [0.717, 1.165) is 25.1 Å². The Hall–Kier alpha value is -2.96. The third-order valence-electron chi connectivity index (χ3n) is 5.83. The summed E-state index contributed by atoms with van der Waals surface area (Å²) in [6.07, 6.45) is 0.845. The van der Waals surface area contributed by atoms with E-state index in [1.807, 2.05) is 64.4 Å². The monoisotopic (exact) mass is 447 g/mol. The van der Waals surface area contributed by atoms with E-state index in [1.165, 1.54) is 10.4 Å². The molecule has 1 saturated heterocycles. The third kappa shape index (κ3) is 6.05. The smallest absolute Gasteiger partial charge is 0.253 e. The number of thiophene rings is 1. The van der Waals surface area contributed by atoms with Crippen LogP contribution in [0.1, 0.15) is 20.8 Å². The van der Waals surface area contributed by atoms with Gasteiger partial charge in [-0.1, -0.05) is 54.6 Å². The van der Waals surface area contributed by atoms with Crippen molar-refractivity contribution in [1.82, 2.24) is 14.7 Å². The molecule has 2 aromatic carbocycles. The van der Waals surface area contributed by atoms with Crippen LogP contribution in [0.4, 0.5) is 0 Å². The van der Waals surface area contributed by atoms with Gasteiger partial charge in [0.1, 0.15) is 0 Å². The van der Waals surface area contributed by atoms with Crippen LogP contribution in [-0.4, -0.2) is 65.8 Å². The minimum atomic E-state index is 0.0683. The molecule has 3 aromatic rings. The van der Waals surface area contributed by atoms with Gasteiger partial charge in [0.2, 0.25) is 5.91 Å². The van der Waals surface area contributed by atoms with Crippen molar-refractivity contribution in [2.24, 2.45) is 0 Å². The van der Waals surface area contributed by atoms with Gasteiger partial charge in [-0.05, 0) is 35.6 Å². The van der Waals surface area contributed by atoms with E-state index < -0.39 is 0 Å². The lowest BCUT2D eigenvalue weighted by Gasteiger charge is -2.35. The van der Waals surface area contributed by atoms with Crippen LogP contribution < -0.4 is 0 Å². The van der Waals surface area contributed by atoms with Crippen molar-refractivity contribution >= 4 is 23.2 Å². The van der Waals surface area contributed by atoms with Gasteiger partial charge in [0.05, 0.1) is 13.1 Å². The highest BCUT2D eigenvalue weighted by molar-refractivity contribution is 7.09. The summed E-state index contributed by atoms with van der Waals surface area (Å²) in [5.41, 5.74) is 1.96. The fraction of sp³-hybridized carbons (Fsp3) is 0.308.